The molecule has 1 fully saturated rings. The standard InChI is InChI=1S/C18H22N4O3/c1-13-3-5-14(6-4-13)15-11-16(20-19-15)18(24)21(2)12-17(23)22-7-9-25-10-8-22/h3-6,11H,7-10,12H2,1-2H3,(H,19,20). The lowest BCUT2D eigenvalue weighted by molar-refractivity contribution is -0.135. The number of aromatic nitrogens is 2. The summed E-state index contributed by atoms with van der Waals surface area (Å²) in [4.78, 5) is 27.9. The number of nitrogens with zero attached hydrogens (tertiary/aromatic N) is 3. The predicted molar refractivity (Wildman–Crippen MR) is 93.1 cm³/mol. The normalized spacial score (nSPS) is 14.4. The van der Waals surface area contributed by atoms with Crippen LogP contribution in [0.15, 0.2) is 30.3 Å². The molecule has 1 saturated heterocycles. The maximum atomic E-state index is 12.5. The molecular weight excluding hydrogens is 320 g/mol. The van der Waals surface area contributed by atoms with Crippen LogP contribution in [0.25, 0.3) is 11.3 Å². The van der Waals surface area contributed by atoms with Crippen molar-refractivity contribution < 1.29 is 14.3 Å². The highest BCUT2D eigenvalue weighted by molar-refractivity contribution is 5.95. The van der Waals surface area contributed by atoms with Gasteiger partial charge in [-0.25, -0.2) is 0 Å². The van der Waals surface area contributed by atoms with E-state index in [-0.39, 0.29) is 18.4 Å². The van der Waals surface area contributed by atoms with E-state index in [0.717, 1.165) is 11.1 Å². The number of hydrogen-bond donors (Lipinski definition) is 1. The number of nitrogens with one attached hydrogen (secondary N) is 1. The van der Waals surface area contributed by atoms with Crippen LogP contribution in [-0.4, -0.2) is 71.7 Å². The van der Waals surface area contributed by atoms with Crippen LogP contribution in [-0.2, 0) is 9.53 Å². The third kappa shape index (κ3) is 4.06. The summed E-state index contributed by atoms with van der Waals surface area (Å²) in [5.74, 6) is -0.329. The van der Waals surface area contributed by atoms with E-state index in [0.29, 0.717) is 37.7 Å². The minimum absolute atomic E-state index is 0.0394. The van der Waals surface area contributed by atoms with Crippen LogP contribution in [0, 0.1) is 6.92 Å². The number of rotatable bonds is 4. The molecule has 2 heterocycles. The summed E-state index contributed by atoms with van der Waals surface area (Å²) in [5, 5.41) is 6.97. The van der Waals surface area contributed by atoms with E-state index >= 15 is 0 Å². The van der Waals surface area contributed by atoms with Gasteiger partial charge < -0.3 is 14.5 Å². The van der Waals surface area contributed by atoms with Crippen LogP contribution in [0.1, 0.15) is 16.1 Å². The average molecular weight is 342 g/mol. The first-order valence-electron chi connectivity index (χ1n) is 8.28. The largest absolute Gasteiger partial charge is 0.378 e. The van der Waals surface area contributed by atoms with Crippen molar-refractivity contribution in [3.8, 4) is 11.3 Å². The van der Waals surface area contributed by atoms with Crippen LogP contribution in [0.4, 0.5) is 0 Å². The summed E-state index contributed by atoms with van der Waals surface area (Å²) in [5.41, 5.74) is 3.17. The van der Waals surface area contributed by atoms with Crippen molar-refractivity contribution in [3.05, 3.63) is 41.6 Å². The zero-order chi connectivity index (χ0) is 17.8. The molecule has 0 bridgehead atoms. The number of H-pyrrole nitrogens is 1. The number of aryl methyl sites for hydroxylation is 1. The first-order chi connectivity index (χ1) is 12.0. The second-order valence-corrected chi connectivity index (χ2v) is 6.19. The van der Waals surface area contributed by atoms with Crippen LogP contribution in [0.5, 0.6) is 0 Å². The Morgan fingerprint density at radius 2 is 1.92 bits per heavy atom. The number of carbonyl (C=O) groups excluding carboxylic acids is 2. The molecule has 1 N–H and O–H groups in total. The van der Waals surface area contributed by atoms with Crippen molar-refractivity contribution >= 4 is 11.8 Å². The lowest BCUT2D eigenvalue weighted by Crippen LogP contribution is -2.46. The predicted octanol–water partition coefficient (Wildman–Crippen LogP) is 1.32. The smallest absolute Gasteiger partial charge is 0.272 e. The maximum Gasteiger partial charge on any atom is 0.272 e. The molecule has 132 valence electrons. The molecular formula is C18H22N4O3. The molecule has 25 heavy (non-hydrogen) atoms. The summed E-state index contributed by atoms with van der Waals surface area (Å²) in [6.07, 6.45) is 0. The number of likely N-dealkylation sites (N-methyl/N-ethyl adjacent to an activating group) is 1. The van der Waals surface area contributed by atoms with Gasteiger partial charge in [0.1, 0.15) is 5.69 Å². The van der Waals surface area contributed by atoms with Crippen LogP contribution < -0.4 is 0 Å². The summed E-state index contributed by atoms with van der Waals surface area (Å²) in [6, 6.07) is 9.64. The van der Waals surface area contributed by atoms with E-state index in [2.05, 4.69) is 10.2 Å². The van der Waals surface area contributed by atoms with Gasteiger partial charge >= 0.3 is 0 Å². The van der Waals surface area contributed by atoms with Gasteiger partial charge in [0, 0.05) is 25.7 Å². The molecule has 0 atom stereocenters. The quantitative estimate of drug-likeness (QED) is 0.909. The molecule has 2 amide bonds. The molecule has 7 nitrogen and oxygen atoms in total. The summed E-state index contributed by atoms with van der Waals surface area (Å²) >= 11 is 0. The van der Waals surface area contributed by atoms with Crippen molar-refractivity contribution in [1.29, 1.82) is 0 Å². The lowest BCUT2D eigenvalue weighted by atomic mass is 10.1. The molecule has 1 aromatic carbocycles. The second-order valence-electron chi connectivity index (χ2n) is 6.19. The number of morpholine rings is 1. The van der Waals surface area contributed by atoms with Crippen LogP contribution >= 0.6 is 0 Å². The van der Waals surface area contributed by atoms with Gasteiger partial charge in [0.15, 0.2) is 0 Å². The summed E-state index contributed by atoms with van der Waals surface area (Å²) < 4.78 is 5.24. The fourth-order valence-electron chi connectivity index (χ4n) is 2.70. The molecule has 7 heteroatoms. The fourth-order valence-corrected chi connectivity index (χ4v) is 2.70. The van der Waals surface area contributed by atoms with Crippen molar-refractivity contribution in [2.24, 2.45) is 0 Å². The van der Waals surface area contributed by atoms with Gasteiger partial charge in [-0.05, 0) is 13.0 Å². The lowest BCUT2D eigenvalue weighted by Gasteiger charge is -2.28. The topological polar surface area (TPSA) is 78.5 Å². The van der Waals surface area contributed by atoms with Gasteiger partial charge in [-0.1, -0.05) is 29.8 Å². The SMILES string of the molecule is Cc1ccc(-c2cc(C(=O)N(C)CC(=O)N3CCOCC3)[nH]n2)cc1. The Kier molecular flexibility index (Phi) is 5.14. The van der Waals surface area contributed by atoms with Crippen LogP contribution in [0.2, 0.25) is 0 Å². The zero-order valence-electron chi connectivity index (χ0n) is 14.5. The van der Waals surface area contributed by atoms with Gasteiger partial charge in [0.25, 0.3) is 5.91 Å². The minimum atomic E-state index is -0.257. The highest BCUT2D eigenvalue weighted by atomic mass is 16.5. The zero-order valence-corrected chi connectivity index (χ0v) is 14.5. The summed E-state index contributed by atoms with van der Waals surface area (Å²) in [7, 11) is 1.62. The number of benzene rings is 1. The van der Waals surface area contributed by atoms with Gasteiger partial charge in [-0.15, -0.1) is 0 Å². The van der Waals surface area contributed by atoms with E-state index in [9.17, 15) is 9.59 Å². The molecule has 0 aliphatic carbocycles. The van der Waals surface area contributed by atoms with Gasteiger partial charge in [-0.2, -0.15) is 5.10 Å². The minimum Gasteiger partial charge on any atom is -0.378 e. The second kappa shape index (κ2) is 7.48. The molecule has 0 saturated carbocycles. The molecule has 0 unspecified atom stereocenters. The highest BCUT2D eigenvalue weighted by Crippen LogP contribution is 2.18. The molecule has 1 aromatic heterocycles. The molecule has 1 aliphatic heterocycles. The Labute approximate surface area is 146 Å². The van der Waals surface area contributed by atoms with E-state index in [1.807, 2.05) is 31.2 Å². The van der Waals surface area contributed by atoms with Gasteiger partial charge in [0.05, 0.1) is 25.5 Å². The van der Waals surface area contributed by atoms with E-state index < -0.39 is 0 Å². The molecule has 0 spiro atoms. The highest BCUT2D eigenvalue weighted by Gasteiger charge is 2.22. The average Bonchev–Trinajstić information content (AvgIpc) is 3.12. The van der Waals surface area contributed by atoms with Gasteiger partial charge in [0.2, 0.25) is 5.91 Å². The Hall–Kier alpha value is -2.67. The molecule has 1 aliphatic rings. The number of hydrogen-bond acceptors (Lipinski definition) is 4. The third-order valence-electron chi connectivity index (χ3n) is 4.24. The maximum absolute atomic E-state index is 12.5. The van der Waals surface area contributed by atoms with E-state index in [1.165, 1.54) is 4.90 Å². The Bertz CT molecular complexity index is 748. The first-order valence-corrected chi connectivity index (χ1v) is 8.28. The van der Waals surface area contributed by atoms with E-state index in [4.69, 9.17) is 4.74 Å². The third-order valence-corrected chi connectivity index (χ3v) is 4.24. The molecule has 2 aromatic rings. The van der Waals surface area contributed by atoms with Crippen LogP contribution in [0.3, 0.4) is 0 Å². The monoisotopic (exact) mass is 342 g/mol. The van der Waals surface area contributed by atoms with Gasteiger partial charge in [-0.3, -0.25) is 14.7 Å². The first kappa shape index (κ1) is 17.2. The fraction of sp³-hybridized carbons (Fsp3) is 0.389. The summed E-state index contributed by atoms with van der Waals surface area (Å²) in [6.45, 7) is 4.29. The van der Waals surface area contributed by atoms with Crippen molar-refractivity contribution in [2.45, 2.75) is 6.92 Å². The number of amides is 2. The Morgan fingerprint density at radius 1 is 1.24 bits per heavy atom. The van der Waals surface area contributed by atoms with E-state index in [1.54, 1.807) is 18.0 Å². The Balaban J connectivity index is 1.64. The van der Waals surface area contributed by atoms with Crippen molar-refractivity contribution in [1.82, 2.24) is 20.0 Å². The van der Waals surface area contributed by atoms with Crippen molar-refractivity contribution in [2.75, 3.05) is 39.9 Å². The number of carbonyl (C=O) groups is 2. The molecule has 3 rings (SSSR count). The number of aromatic amines is 1. The Morgan fingerprint density at radius 3 is 2.60 bits per heavy atom. The van der Waals surface area contributed by atoms with Crippen molar-refractivity contribution in [3.63, 3.8) is 0 Å². The number of ether oxygens (including phenoxy) is 1. The molecule has 0 radical (unpaired) electrons.